The number of thiazole rings is 1. The van der Waals surface area contributed by atoms with Gasteiger partial charge in [0, 0.05) is 18.5 Å². The van der Waals surface area contributed by atoms with Gasteiger partial charge in [0.25, 0.3) is 11.8 Å². The zero-order chi connectivity index (χ0) is 23.6. The van der Waals surface area contributed by atoms with Crippen LogP contribution in [-0.4, -0.2) is 41.2 Å². The van der Waals surface area contributed by atoms with Crippen molar-refractivity contribution in [3.63, 3.8) is 0 Å². The molecule has 33 heavy (non-hydrogen) atoms. The fourth-order valence-electron chi connectivity index (χ4n) is 3.41. The quantitative estimate of drug-likeness (QED) is 0.441. The van der Waals surface area contributed by atoms with Crippen molar-refractivity contribution in [1.82, 2.24) is 9.88 Å². The molecule has 4 rings (SSSR count). The van der Waals surface area contributed by atoms with E-state index in [0.717, 1.165) is 36.3 Å². The zero-order valence-electron chi connectivity index (χ0n) is 17.0. The van der Waals surface area contributed by atoms with Crippen LogP contribution in [0.4, 0.5) is 24.0 Å². The molecule has 0 spiro atoms. The second-order valence-electron chi connectivity index (χ2n) is 7.18. The second-order valence-corrected chi connectivity index (χ2v) is 8.42. The lowest BCUT2D eigenvalue weighted by Gasteiger charge is -2.21. The lowest BCUT2D eigenvalue weighted by molar-refractivity contribution is -0.274. The van der Waals surface area contributed by atoms with Crippen LogP contribution < -0.4 is 9.64 Å². The third-order valence-electron chi connectivity index (χ3n) is 4.93. The van der Waals surface area contributed by atoms with E-state index in [1.54, 1.807) is 28.5 Å². The molecule has 1 aliphatic heterocycles. The maximum atomic E-state index is 13.4. The number of hydrogen-bond acceptors (Lipinski definition) is 5. The monoisotopic (exact) mass is 495 g/mol. The first-order valence-electron chi connectivity index (χ1n) is 9.92. The van der Waals surface area contributed by atoms with Crippen LogP contribution in [0.5, 0.6) is 5.75 Å². The molecule has 0 atom stereocenters. The summed E-state index contributed by atoms with van der Waals surface area (Å²) in [5, 5.41) is 1.95. The number of carbonyl (C=O) groups excluding carboxylic acids is 2. The topological polar surface area (TPSA) is 62.7 Å². The van der Waals surface area contributed by atoms with E-state index >= 15 is 0 Å². The van der Waals surface area contributed by atoms with Crippen LogP contribution in [0, 0.1) is 0 Å². The molecule has 1 saturated heterocycles. The van der Waals surface area contributed by atoms with Crippen molar-refractivity contribution >= 4 is 45.6 Å². The molecule has 1 fully saturated rings. The summed E-state index contributed by atoms with van der Waals surface area (Å²) < 4.78 is 41.5. The van der Waals surface area contributed by atoms with Gasteiger partial charge in [0.1, 0.15) is 11.4 Å². The lowest BCUT2D eigenvalue weighted by atomic mass is 10.2. The summed E-state index contributed by atoms with van der Waals surface area (Å²) in [7, 11) is 0. The minimum atomic E-state index is -4.84. The van der Waals surface area contributed by atoms with Gasteiger partial charge in [0.2, 0.25) is 0 Å². The molecular weight excluding hydrogens is 479 g/mol. The van der Waals surface area contributed by atoms with Gasteiger partial charge in [-0.2, -0.15) is 0 Å². The molecular formula is C22H17ClF3N3O3S. The van der Waals surface area contributed by atoms with Crippen LogP contribution in [0.3, 0.4) is 0 Å². The largest absolute Gasteiger partial charge is 0.573 e. The number of ether oxygens (including phenoxy) is 1. The van der Waals surface area contributed by atoms with Crippen LogP contribution in [0.15, 0.2) is 53.9 Å². The maximum Gasteiger partial charge on any atom is 0.573 e. The van der Waals surface area contributed by atoms with Crippen molar-refractivity contribution in [3.8, 4) is 5.75 Å². The number of hydrogen-bond donors (Lipinski definition) is 0. The fourth-order valence-corrected chi connectivity index (χ4v) is 4.45. The van der Waals surface area contributed by atoms with Gasteiger partial charge in [-0.3, -0.25) is 14.5 Å². The first-order chi connectivity index (χ1) is 15.7. The van der Waals surface area contributed by atoms with Crippen molar-refractivity contribution in [3.05, 3.63) is 70.2 Å². The number of likely N-dealkylation sites (tertiary alicyclic amines) is 1. The standard InChI is InChI=1S/C22H17ClF3N3O3S/c23-17-6-2-1-5-16(17)19(30)29(14-7-9-15(10-8-14)32-22(24,25)26)21-27-18(13-33-21)20(31)28-11-3-4-12-28/h1-2,5-10,13H,3-4,11-12H2. The predicted molar refractivity (Wildman–Crippen MR) is 118 cm³/mol. The highest BCUT2D eigenvalue weighted by molar-refractivity contribution is 7.14. The minimum Gasteiger partial charge on any atom is -0.406 e. The van der Waals surface area contributed by atoms with Crippen molar-refractivity contribution in [2.24, 2.45) is 0 Å². The number of amides is 2. The third-order valence-corrected chi connectivity index (χ3v) is 6.09. The van der Waals surface area contributed by atoms with E-state index in [2.05, 4.69) is 9.72 Å². The maximum absolute atomic E-state index is 13.4. The predicted octanol–water partition coefficient (Wildman–Crippen LogP) is 5.91. The van der Waals surface area contributed by atoms with Crippen LogP contribution in [0.1, 0.15) is 33.7 Å². The molecule has 6 nitrogen and oxygen atoms in total. The number of carbonyl (C=O) groups is 2. The van der Waals surface area contributed by atoms with Crippen LogP contribution >= 0.6 is 22.9 Å². The van der Waals surface area contributed by atoms with Crippen LogP contribution in [0.25, 0.3) is 0 Å². The number of alkyl halides is 3. The Morgan fingerprint density at radius 3 is 2.36 bits per heavy atom. The molecule has 1 aromatic heterocycles. The zero-order valence-corrected chi connectivity index (χ0v) is 18.6. The molecule has 172 valence electrons. The Bertz CT molecular complexity index is 1160. The molecule has 0 N–H and O–H groups in total. The summed E-state index contributed by atoms with van der Waals surface area (Å²) in [6.45, 7) is 1.29. The Labute approximate surface area is 196 Å². The third kappa shape index (κ3) is 5.28. The fraction of sp³-hybridized carbons (Fsp3) is 0.227. The van der Waals surface area contributed by atoms with Gasteiger partial charge in [-0.1, -0.05) is 23.7 Å². The molecule has 11 heteroatoms. The summed E-state index contributed by atoms with van der Waals surface area (Å²) >= 11 is 7.28. The van der Waals surface area contributed by atoms with Crippen molar-refractivity contribution in [2.45, 2.75) is 19.2 Å². The number of aromatic nitrogens is 1. The normalized spacial score (nSPS) is 13.8. The average Bonchev–Trinajstić information content (AvgIpc) is 3.47. The Morgan fingerprint density at radius 1 is 1.06 bits per heavy atom. The second kappa shape index (κ2) is 9.40. The highest BCUT2D eigenvalue weighted by Crippen LogP contribution is 2.34. The number of anilines is 2. The van der Waals surface area contributed by atoms with E-state index in [0.29, 0.717) is 13.1 Å². The van der Waals surface area contributed by atoms with E-state index in [-0.39, 0.29) is 33.0 Å². The van der Waals surface area contributed by atoms with Gasteiger partial charge in [0.15, 0.2) is 5.13 Å². The van der Waals surface area contributed by atoms with E-state index < -0.39 is 18.0 Å². The Kier molecular flexibility index (Phi) is 6.57. The molecule has 0 unspecified atom stereocenters. The summed E-state index contributed by atoms with van der Waals surface area (Å²) in [5.41, 5.74) is 0.618. The van der Waals surface area contributed by atoms with Crippen molar-refractivity contribution < 1.29 is 27.5 Å². The van der Waals surface area contributed by atoms with E-state index in [4.69, 9.17) is 11.6 Å². The van der Waals surface area contributed by atoms with E-state index in [1.807, 2.05) is 0 Å². The first-order valence-corrected chi connectivity index (χ1v) is 11.2. The summed E-state index contributed by atoms with van der Waals surface area (Å²) in [6, 6.07) is 11.2. The molecule has 2 heterocycles. The lowest BCUT2D eigenvalue weighted by Crippen LogP contribution is -2.29. The summed E-state index contributed by atoms with van der Waals surface area (Å²) in [6.07, 6.45) is -2.99. The number of benzene rings is 2. The highest BCUT2D eigenvalue weighted by Gasteiger charge is 2.32. The molecule has 0 radical (unpaired) electrons. The van der Waals surface area contributed by atoms with Gasteiger partial charge < -0.3 is 9.64 Å². The molecule has 2 amide bonds. The van der Waals surface area contributed by atoms with Gasteiger partial charge in [-0.25, -0.2) is 4.98 Å². The van der Waals surface area contributed by atoms with Crippen LogP contribution in [0.2, 0.25) is 5.02 Å². The summed E-state index contributed by atoms with van der Waals surface area (Å²) in [5.74, 6) is -1.20. The van der Waals surface area contributed by atoms with Gasteiger partial charge in [-0.15, -0.1) is 24.5 Å². The minimum absolute atomic E-state index is 0.178. The van der Waals surface area contributed by atoms with Crippen molar-refractivity contribution in [2.75, 3.05) is 18.0 Å². The molecule has 2 aromatic carbocycles. The Balaban J connectivity index is 1.70. The number of nitrogens with zero attached hydrogens (tertiary/aromatic N) is 3. The van der Waals surface area contributed by atoms with E-state index in [9.17, 15) is 22.8 Å². The van der Waals surface area contributed by atoms with Crippen LogP contribution in [-0.2, 0) is 0 Å². The Morgan fingerprint density at radius 2 is 1.73 bits per heavy atom. The first kappa shape index (κ1) is 23.1. The van der Waals surface area contributed by atoms with E-state index in [1.165, 1.54) is 23.1 Å². The SMILES string of the molecule is O=C(c1csc(N(C(=O)c2ccccc2Cl)c2ccc(OC(F)(F)F)cc2)n1)N1CCCC1. The molecule has 1 aliphatic rings. The average molecular weight is 496 g/mol. The highest BCUT2D eigenvalue weighted by atomic mass is 35.5. The molecule has 0 aliphatic carbocycles. The summed E-state index contributed by atoms with van der Waals surface area (Å²) in [4.78, 5) is 33.4. The smallest absolute Gasteiger partial charge is 0.406 e. The van der Waals surface area contributed by atoms with Gasteiger partial charge in [0.05, 0.1) is 16.3 Å². The van der Waals surface area contributed by atoms with Gasteiger partial charge >= 0.3 is 6.36 Å². The van der Waals surface area contributed by atoms with Gasteiger partial charge in [-0.05, 0) is 49.2 Å². The Hall–Kier alpha value is -3.11. The van der Waals surface area contributed by atoms with Crippen molar-refractivity contribution in [1.29, 1.82) is 0 Å². The molecule has 0 saturated carbocycles. The number of halogens is 4. The molecule has 3 aromatic rings. The molecule has 0 bridgehead atoms. The number of rotatable bonds is 5.